The lowest BCUT2D eigenvalue weighted by atomic mass is 10.1. The second-order valence-electron chi connectivity index (χ2n) is 4.71. The molecule has 0 aromatic carbocycles. The Kier molecular flexibility index (Phi) is 7.97. The van der Waals surface area contributed by atoms with Crippen LogP contribution in [0.5, 0.6) is 0 Å². The summed E-state index contributed by atoms with van der Waals surface area (Å²) in [4.78, 5) is 24.5. The lowest BCUT2D eigenvalue weighted by Crippen LogP contribution is -2.50. The fourth-order valence-corrected chi connectivity index (χ4v) is 2.03. The molecule has 0 spiro atoms. The van der Waals surface area contributed by atoms with E-state index in [1.165, 1.54) is 7.11 Å². The maximum absolute atomic E-state index is 11.7. The number of methoxy groups -OCH3 is 1. The molecular weight excluding hydrogens is 246 g/mol. The number of unbranched alkanes of at least 4 members (excludes halogenated alkanes) is 3. The first kappa shape index (κ1) is 15.8. The van der Waals surface area contributed by atoms with Crippen molar-refractivity contribution in [3.8, 4) is 0 Å². The molecule has 2 amide bonds. The van der Waals surface area contributed by atoms with Crippen LogP contribution >= 0.6 is 0 Å². The number of hydrogen-bond acceptors (Lipinski definition) is 4. The van der Waals surface area contributed by atoms with Gasteiger partial charge in [0.1, 0.15) is 0 Å². The van der Waals surface area contributed by atoms with Crippen LogP contribution in [-0.4, -0.2) is 56.7 Å². The van der Waals surface area contributed by atoms with Gasteiger partial charge in [0.2, 0.25) is 0 Å². The highest BCUT2D eigenvalue weighted by Gasteiger charge is 2.14. The van der Waals surface area contributed by atoms with Crippen molar-refractivity contribution in [2.75, 3.05) is 39.8 Å². The van der Waals surface area contributed by atoms with Crippen molar-refractivity contribution in [1.82, 2.24) is 15.5 Å². The summed E-state index contributed by atoms with van der Waals surface area (Å²) < 4.78 is 4.57. The number of carbonyl (C=O) groups excluding carboxylic acids is 2. The average Bonchev–Trinajstić information content (AvgIpc) is 2.46. The van der Waals surface area contributed by atoms with Gasteiger partial charge in [0.15, 0.2) is 0 Å². The number of ether oxygens (including phenoxy) is 1. The summed E-state index contributed by atoms with van der Waals surface area (Å²) in [5, 5.41) is 6.15. The van der Waals surface area contributed by atoms with Crippen molar-refractivity contribution < 1.29 is 14.3 Å². The Balaban J connectivity index is 1.92. The zero-order valence-corrected chi connectivity index (χ0v) is 11.7. The summed E-state index contributed by atoms with van der Waals surface area (Å²) >= 11 is 0. The highest BCUT2D eigenvalue weighted by Crippen LogP contribution is 2.03. The fraction of sp³-hybridized carbons (Fsp3) is 0.846. The van der Waals surface area contributed by atoms with Crippen LogP contribution in [-0.2, 0) is 9.53 Å². The number of urea groups is 1. The van der Waals surface area contributed by atoms with Gasteiger partial charge in [-0.3, -0.25) is 4.79 Å². The summed E-state index contributed by atoms with van der Waals surface area (Å²) in [5.74, 6) is -0.146. The maximum Gasteiger partial charge on any atom is 0.317 e. The van der Waals surface area contributed by atoms with E-state index < -0.39 is 0 Å². The molecule has 1 fully saturated rings. The van der Waals surface area contributed by atoms with Crippen molar-refractivity contribution >= 4 is 12.0 Å². The minimum Gasteiger partial charge on any atom is -0.469 e. The first-order valence-electron chi connectivity index (χ1n) is 7.04. The van der Waals surface area contributed by atoms with E-state index in [0.717, 1.165) is 51.9 Å². The molecule has 1 saturated heterocycles. The standard InChI is InChI=1S/C13H25N3O3/c1-19-12(17)6-4-2-3-5-7-15-13(18)16-10-8-14-9-11-16/h14H,2-11H2,1H3,(H,15,18). The average molecular weight is 271 g/mol. The molecule has 1 aliphatic rings. The van der Waals surface area contributed by atoms with Crippen molar-refractivity contribution in [3.63, 3.8) is 0 Å². The Morgan fingerprint density at radius 1 is 1.16 bits per heavy atom. The fourth-order valence-electron chi connectivity index (χ4n) is 2.03. The molecule has 6 heteroatoms. The third-order valence-corrected chi connectivity index (χ3v) is 3.22. The quantitative estimate of drug-likeness (QED) is 0.529. The molecule has 6 nitrogen and oxygen atoms in total. The highest BCUT2D eigenvalue weighted by molar-refractivity contribution is 5.74. The molecular formula is C13H25N3O3. The Morgan fingerprint density at radius 2 is 1.84 bits per heavy atom. The molecule has 0 aromatic heterocycles. The highest BCUT2D eigenvalue weighted by atomic mass is 16.5. The number of nitrogens with one attached hydrogen (secondary N) is 2. The van der Waals surface area contributed by atoms with Crippen molar-refractivity contribution in [2.45, 2.75) is 32.1 Å². The number of rotatable bonds is 7. The topological polar surface area (TPSA) is 70.7 Å². The molecule has 0 aromatic rings. The van der Waals surface area contributed by atoms with E-state index in [2.05, 4.69) is 15.4 Å². The van der Waals surface area contributed by atoms with Gasteiger partial charge in [-0.2, -0.15) is 0 Å². The normalized spacial score (nSPS) is 15.1. The predicted molar refractivity (Wildman–Crippen MR) is 72.9 cm³/mol. The summed E-state index contributed by atoms with van der Waals surface area (Å²) in [7, 11) is 1.41. The van der Waals surface area contributed by atoms with Crippen LogP contribution in [0, 0.1) is 0 Å². The van der Waals surface area contributed by atoms with Crippen LogP contribution in [0.1, 0.15) is 32.1 Å². The van der Waals surface area contributed by atoms with Crippen molar-refractivity contribution in [1.29, 1.82) is 0 Å². The first-order chi connectivity index (χ1) is 9.24. The summed E-state index contributed by atoms with van der Waals surface area (Å²) in [6.45, 7) is 4.03. The Labute approximate surface area is 114 Å². The van der Waals surface area contributed by atoms with Crippen LogP contribution in [0.4, 0.5) is 4.79 Å². The number of esters is 1. The van der Waals surface area contributed by atoms with Gasteiger partial charge < -0.3 is 20.3 Å². The number of nitrogens with zero attached hydrogens (tertiary/aromatic N) is 1. The molecule has 110 valence electrons. The van der Waals surface area contributed by atoms with E-state index in [1.54, 1.807) is 0 Å². The number of carbonyl (C=O) groups is 2. The molecule has 1 rings (SSSR count). The van der Waals surface area contributed by atoms with Gasteiger partial charge in [0, 0.05) is 39.1 Å². The van der Waals surface area contributed by atoms with Crippen LogP contribution in [0.3, 0.4) is 0 Å². The number of hydrogen-bond donors (Lipinski definition) is 2. The second-order valence-corrected chi connectivity index (χ2v) is 4.71. The van der Waals surface area contributed by atoms with E-state index in [0.29, 0.717) is 13.0 Å². The smallest absolute Gasteiger partial charge is 0.317 e. The van der Waals surface area contributed by atoms with Gasteiger partial charge in [-0.15, -0.1) is 0 Å². The Hall–Kier alpha value is -1.30. The largest absolute Gasteiger partial charge is 0.469 e. The minimum atomic E-state index is -0.146. The third-order valence-electron chi connectivity index (χ3n) is 3.22. The Morgan fingerprint density at radius 3 is 2.53 bits per heavy atom. The molecule has 0 atom stereocenters. The van der Waals surface area contributed by atoms with Crippen molar-refractivity contribution in [2.24, 2.45) is 0 Å². The van der Waals surface area contributed by atoms with E-state index in [-0.39, 0.29) is 12.0 Å². The molecule has 0 aliphatic carbocycles. The number of amides is 2. The van der Waals surface area contributed by atoms with Gasteiger partial charge in [0.25, 0.3) is 0 Å². The summed E-state index contributed by atoms with van der Waals surface area (Å²) in [5.41, 5.74) is 0. The number of piperazine rings is 1. The SMILES string of the molecule is COC(=O)CCCCCCNC(=O)N1CCNCC1. The van der Waals surface area contributed by atoms with Gasteiger partial charge in [-0.1, -0.05) is 12.8 Å². The van der Waals surface area contributed by atoms with Gasteiger partial charge >= 0.3 is 12.0 Å². The van der Waals surface area contributed by atoms with Crippen molar-refractivity contribution in [3.05, 3.63) is 0 Å². The lowest BCUT2D eigenvalue weighted by Gasteiger charge is -2.27. The summed E-state index contributed by atoms with van der Waals surface area (Å²) in [6, 6.07) is 0.0380. The monoisotopic (exact) mass is 271 g/mol. The lowest BCUT2D eigenvalue weighted by molar-refractivity contribution is -0.140. The minimum absolute atomic E-state index is 0.0380. The molecule has 0 radical (unpaired) electrons. The molecule has 19 heavy (non-hydrogen) atoms. The zero-order valence-electron chi connectivity index (χ0n) is 11.7. The zero-order chi connectivity index (χ0) is 13.9. The van der Waals surface area contributed by atoms with E-state index in [9.17, 15) is 9.59 Å². The summed E-state index contributed by atoms with van der Waals surface area (Å²) in [6.07, 6.45) is 4.33. The van der Waals surface area contributed by atoms with Crippen LogP contribution in [0.2, 0.25) is 0 Å². The third kappa shape index (κ3) is 7.00. The van der Waals surface area contributed by atoms with Crippen LogP contribution in [0.15, 0.2) is 0 Å². The Bertz CT molecular complexity index is 278. The van der Waals surface area contributed by atoms with E-state index in [1.807, 2.05) is 4.90 Å². The molecule has 2 N–H and O–H groups in total. The van der Waals surface area contributed by atoms with Gasteiger partial charge in [0.05, 0.1) is 7.11 Å². The predicted octanol–water partition coefficient (Wildman–Crippen LogP) is 0.725. The second kappa shape index (κ2) is 9.61. The molecule has 1 aliphatic heterocycles. The van der Waals surface area contributed by atoms with Crippen LogP contribution in [0.25, 0.3) is 0 Å². The van der Waals surface area contributed by atoms with Gasteiger partial charge in [-0.05, 0) is 12.8 Å². The maximum atomic E-state index is 11.7. The molecule has 1 heterocycles. The van der Waals surface area contributed by atoms with Crippen LogP contribution < -0.4 is 10.6 Å². The van der Waals surface area contributed by atoms with E-state index in [4.69, 9.17) is 0 Å². The molecule has 0 saturated carbocycles. The molecule has 0 unspecified atom stereocenters. The molecule has 0 bridgehead atoms. The van der Waals surface area contributed by atoms with E-state index >= 15 is 0 Å². The first-order valence-corrected chi connectivity index (χ1v) is 7.04. The van der Waals surface area contributed by atoms with Gasteiger partial charge in [-0.25, -0.2) is 4.79 Å².